The summed E-state index contributed by atoms with van der Waals surface area (Å²) in [6.07, 6.45) is 3.33. The van der Waals surface area contributed by atoms with E-state index < -0.39 is 10.0 Å². The number of anilines is 1. The molecule has 6 nitrogen and oxygen atoms in total. The Bertz CT molecular complexity index is 700. The molecule has 0 spiro atoms. The van der Waals surface area contributed by atoms with Gasteiger partial charge in [0.1, 0.15) is 0 Å². The number of rotatable bonds is 9. The third kappa shape index (κ3) is 6.76. The molecule has 25 heavy (non-hydrogen) atoms. The summed E-state index contributed by atoms with van der Waals surface area (Å²) in [6.45, 7) is 11.1. The molecule has 0 saturated heterocycles. The maximum absolute atomic E-state index is 12.5. The van der Waals surface area contributed by atoms with Gasteiger partial charge in [-0.3, -0.25) is 9.69 Å². The standard InChI is InChI=1S/C18H31N3O3S/c1-6-7-8-9-21(13(2)3)12-18(22)20-17-11-16(25(19,23)24)10-14(4)15(17)5/h10-11,13H,6-9,12H2,1-5H3,(H,20,22)(H2,19,23,24). The Balaban J connectivity index is 2.90. The van der Waals surface area contributed by atoms with E-state index >= 15 is 0 Å². The third-order valence-corrected chi connectivity index (χ3v) is 5.26. The van der Waals surface area contributed by atoms with Gasteiger partial charge in [-0.2, -0.15) is 0 Å². The average molecular weight is 370 g/mol. The van der Waals surface area contributed by atoms with Crippen molar-refractivity contribution in [2.75, 3.05) is 18.4 Å². The lowest BCUT2D eigenvalue weighted by atomic mass is 10.1. The van der Waals surface area contributed by atoms with Crippen molar-refractivity contribution >= 4 is 21.6 Å². The van der Waals surface area contributed by atoms with Gasteiger partial charge < -0.3 is 5.32 Å². The number of unbranched alkanes of at least 4 members (excludes halogenated alkanes) is 2. The lowest BCUT2D eigenvalue weighted by Crippen LogP contribution is -2.38. The topological polar surface area (TPSA) is 92.5 Å². The van der Waals surface area contributed by atoms with Crippen LogP contribution in [0.5, 0.6) is 0 Å². The van der Waals surface area contributed by atoms with Gasteiger partial charge in [0.05, 0.1) is 11.4 Å². The second kappa shape index (κ2) is 9.31. The Morgan fingerprint density at radius 1 is 1.24 bits per heavy atom. The number of nitrogens with zero attached hydrogens (tertiary/aromatic N) is 1. The van der Waals surface area contributed by atoms with Crippen molar-refractivity contribution < 1.29 is 13.2 Å². The molecular weight excluding hydrogens is 338 g/mol. The molecule has 0 aliphatic carbocycles. The first kappa shape index (κ1) is 21.6. The molecule has 1 amide bonds. The highest BCUT2D eigenvalue weighted by atomic mass is 32.2. The number of hydrogen-bond acceptors (Lipinski definition) is 4. The number of nitrogens with one attached hydrogen (secondary N) is 1. The Labute approximate surface area is 151 Å². The first-order valence-corrected chi connectivity index (χ1v) is 10.3. The van der Waals surface area contributed by atoms with Gasteiger partial charge in [0.15, 0.2) is 0 Å². The van der Waals surface area contributed by atoms with E-state index in [9.17, 15) is 13.2 Å². The summed E-state index contributed by atoms with van der Waals surface area (Å²) < 4.78 is 23.2. The van der Waals surface area contributed by atoms with E-state index in [1.165, 1.54) is 12.1 Å². The molecule has 0 aliphatic rings. The smallest absolute Gasteiger partial charge is 0.238 e. The van der Waals surface area contributed by atoms with Gasteiger partial charge in [-0.15, -0.1) is 0 Å². The van der Waals surface area contributed by atoms with Gasteiger partial charge in [-0.05, 0) is 63.9 Å². The zero-order valence-electron chi connectivity index (χ0n) is 15.9. The number of primary sulfonamides is 1. The normalized spacial score (nSPS) is 12.0. The highest BCUT2D eigenvalue weighted by molar-refractivity contribution is 7.89. The van der Waals surface area contributed by atoms with Crippen LogP contribution >= 0.6 is 0 Å². The maximum Gasteiger partial charge on any atom is 0.238 e. The van der Waals surface area contributed by atoms with Crippen LogP contribution in [0.1, 0.15) is 51.2 Å². The van der Waals surface area contributed by atoms with Gasteiger partial charge in [0, 0.05) is 11.7 Å². The number of carbonyl (C=O) groups is 1. The predicted molar refractivity (Wildman–Crippen MR) is 102 cm³/mol. The van der Waals surface area contributed by atoms with Crippen LogP contribution in [0.15, 0.2) is 17.0 Å². The van der Waals surface area contributed by atoms with Crippen LogP contribution in [-0.4, -0.2) is 38.4 Å². The first-order chi connectivity index (χ1) is 11.6. The van der Waals surface area contributed by atoms with Crippen molar-refractivity contribution in [3.63, 3.8) is 0 Å². The molecule has 7 heteroatoms. The molecule has 0 atom stereocenters. The van der Waals surface area contributed by atoms with Crippen LogP contribution in [0.2, 0.25) is 0 Å². The zero-order chi connectivity index (χ0) is 19.2. The van der Waals surface area contributed by atoms with E-state index in [0.29, 0.717) is 5.69 Å². The van der Waals surface area contributed by atoms with Crippen LogP contribution in [0.25, 0.3) is 0 Å². The largest absolute Gasteiger partial charge is 0.325 e. The fraction of sp³-hybridized carbons (Fsp3) is 0.611. The molecule has 0 bridgehead atoms. The molecule has 0 unspecified atom stereocenters. The molecule has 0 heterocycles. The number of nitrogens with two attached hydrogens (primary N) is 1. The summed E-state index contributed by atoms with van der Waals surface area (Å²) in [5.74, 6) is -0.153. The summed E-state index contributed by atoms with van der Waals surface area (Å²) in [4.78, 5) is 14.6. The quantitative estimate of drug-likeness (QED) is 0.655. The molecule has 0 fully saturated rings. The Kier molecular flexibility index (Phi) is 8.05. The summed E-state index contributed by atoms with van der Waals surface area (Å²) in [6, 6.07) is 3.21. The molecule has 0 aromatic heterocycles. The van der Waals surface area contributed by atoms with Crippen molar-refractivity contribution in [3.05, 3.63) is 23.3 Å². The van der Waals surface area contributed by atoms with Crippen LogP contribution < -0.4 is 10.5 Å². The summed E-state index contributed by atoms with van der Waals surface area (Å²) in [7, 11) is -3.81. The summed E-state index contributed by atoms with van der Waals surface area (Å²) in [5, 5.41) is 8.05. The SMILES string of the molecule is CCCCCN(CC(=O)Nc1cc(S(N)(=O)=O)cc(C)c1C)C(C)C. The first-order valence-electron chi connectivity index (χ1n) is 8.74. The molecular formula is C18H31N3O3S. The van der Waals surface area contributed by atoms with E-state index in [4.69, 9.17) is 5.14 Å². The number of aryl methyl sites for hydroxylation is 1. The van der Waals surface area contributed by atoms with Gasteiger partial charge in [-0.1, -0.05) is 19.8 Å². The van der Waals surface area contributed by atoms with E-state index in [1.807, 2.05) is 6.92 Å². The zero-order valence-corrected chi connectivity index (χ0v) is 16.7. The Morgan fingerprint density at radius 3 is 2.40 bits per heavy atom. The number of benzene rings is 1. The maximum atomic E-state index is 12.5. The van der Waals surface area contributed by atoms with Crippen LogP contribution in [0.4, 0.5) is 5.69 Å². The van der Waals surface area contributed by atoms with Crippen molar-refractivity contribution in [2.24, 2.45) is 5.14 Å². The minimum absolute atomic E-state index is 0.00885. The van der Waals surface area contributed by atoms with Crippen LogP contribution in [-0.2, 0) is 14.8 Å². The Morgan fingerprint density at radius 2 is 1.88 bits per heavy atom. The monoisotopic (exact) mass is 369 g/mol. The highest BCUT2D eigenvalue weighted by Crippen LogP contribution is 2.23. The summed E-state index contributed by atoms with van der Waals surface area (Å²) in [5.41, 5.74) is 2.10. The predicted octanol–water partition coefficient (Wildman–Crippen LogP) is 2.79. The number of hydrogen-bond donors (Lipinski definition) is 2. The third-order valence-electron chi connectivity index (χ3n) is 4.37. The van der Waals surface area contributed by atoms with Crippen molar-refractivity contribution in [1.82, 2.24) is 4.90 Å². The lowest BCUT2D eigenvalue weighted by Gasteiger charge is -2.26. The van der Waals surface area contributed by atoms with Crippen LogP contribution in [0.3, 0.4) is 0 Å². The second-order valence-corrected chi connectivity index (χ2v) is 8.34. The van der Waals surface area contributed by atoms with E-state index in [0.717, 1.165) is 36.9 Å². The lowest BCUT2D eigenvalue weighted by molar-refractivity contribution is -0.117. The van der Waals surface area contributed by atoms with E-state index in [-0.39, 0.29) is 23.4 Å². The average Bonchev–Trinajstić information content (AvgIpc) is 2.49. The van der Waals surface area contributed by atoms with Crippen LogP contribution in [0, 0.1) is 13.8 Å². The van der Waals surface area contributed by atoms with E-state index in [1.54, 1.807) is 6.92 Å². The fourth-order valence-electron chi connectivity index (χ4n) is 2.58. The molecule has 3 N–H and O–H groups in total. The second-order valence-electron chi connectivity index (χ2n) is 6.78. The van der Waals surface area contributed by atoms with Crippen molar-refractivity contribution in [3.8, 4) is 0 Å². The molecule has 0 radical (unpaired) electrons. The summed E-state index contributed by atoms with van der Waals surface area (Å²) >= 11 is 0. The number of amides is 1. The van der Waals surface area contributed by atoms with Crippen molar-refractivity contribution in [1.29, 1.82) is 0 Å². The van der Waals surface area contributed by atoms with Gasteiger partial charge >= 0.3 is 0 Å². The fourth-order valence-corrected chi connectivity index (χ4v) is 3.20. The van der Waals surface area contributed by atoms with E-state index in [2.05, 4.69) is 31.0 Å². The number of carbonyl (C=O) groups excluding carboxylic acids is 1. The molecule has 0 saturated carbocycles. The minimum Gasteiger partial charge on any atom is -0.325 e. The molecule has 1 aromatic carbocycles. The van der Waals surface area contributed by atoms with Gasteiger partial charge in [0.2, 0.25) is 15.9 Å². The molecule has 1 aromatic rings. The molecule has 1 rings (SSSR count). The van der Waals surface area contributed by atoms with Gasteiger partial charge in [0.25, 0.3) is 0 Å². The minimum atomic E-state index is -3.81. The van der Waals surface area contributed by atoms with Gasteiger partial charge in [-0.25, -0.2) is 13.6 Å². The highest BCUT2D eigenvalue weighted by Gasteiger charge is 2.17. The Hall–Kier alpha value is -1.44. The van der Waals surface area contributed by atoms with Crippen molar-refractivity contribution in [2.45, 2.75) is 64.8 Å². The molecule has 142 valence electrons. The number of sulfonamides is 1. The molecule has 0 aliphatic heterocycles.